The van der Waals surface area contributed by atoms with E-state index in [1.165, 1.54) is 12.8 Å². The molecule has 0 aliphatic carbocycles. The zero-order valence-corrected chi connectivity index (χ0v) is 36.3. The van der Waals surface area contributed by atoms with Gasteiger partial charge in [0.25, 0.3) is 0 Å². The SMILES string of the molecule is CC/C=C\C/C=C\C/C=C\C/C=C\C/C=C\C/C=C\C/C=C\CCCCOCC(CO)OC(=O)CCCCCCC/C=C\C/C=C\C/C=C\C/C=C\C/C=C\CC. The first kappa shape index (κ1) is 53.3. The van der Waals surface area contributed by atoms with E-state index in [0.29, 0.717) is 13.0 Å². The fourth-order valence-corrected chi connectivity index (χ4v) is 5.39. The van der Waals surface area contributed by atoms with Gasteiger partial charge in [0, 0.05) is 13.0 Å². The van der Waals surface area contributed by atoms with Gasteiger partial charge in [-0.1, -0.05) is 179 Å². The highest BCUT2D eigenvalue weighted by molar-refractivity contribution is 5.69. The molecule has 0 rings (SSSR count). The summed E-state index contributed by atoms with van der Waals surface area (Å²) in [6.07, 6.45) is 74.8. The lowest BCUT2D eigenvalue weighted by Gasteiger charge is -2.15. The molecule has 0 amide bonds. The van der Waals surface area contributed by atoms with Crippen LogP contribution in [0.5, 0.6) is 0 Å². The molecule has 1 N–H and O–H groups in total. The minimum atomic E-state index is -0.581. The van der Waals surface area contributed by atoms with Crippen LogP contribution in [0.3, 0.4) is 0 Å². The highest BCUT2D eigenvalue weighted by Crippen LogP contribution is 2.10. The monoisotopic (exact) mass is 783 g/mol. The Balaban J connectivity index is 3.65. The van der Waals surface area contributed by atoms with Gasteiger partial charge in [-0.2, -0.15) is 0 Å². The van der Waals surface area contributed by atoms with Gasteiger partial charge in [-0.25, -0.2) is 0 Å². The summed E-state index contributed by atoms with van der Waals surface area (Å²) in [5, 5.41) is 9.62. The quantitative estimate of drug-likeness (QED) is 0.0383. The number of ether oxygens (including phenoxy) is 2. The number of carbonyl (C=O) groups is 1. The molecule has 4 nitrogen and oxygen atoms in total. The maximum atomic E-state index is 12.2. The number of esters is 1. The lowest BCUT2D eigenvalue weighted by molar-refractivity contribution is -0.154. The number of unbranched alkanes of at least 4 members (excludes halogenated alkanes) is 7. The van der Waals surface area contributed by atoms with Gasteiger partial charge in [0.05, 0.1) is 13.2 Å². The topological polar surface area (TPSA) is 55.8 Å². The number of allylic oxidation sites excluding steroid dienone is 24. The molecule has 1 atom stereocenters. The summed E-state index contributed by atoms with van der Waals surface area (Å²) < 4.78 is 11.1. The summed E-state index contributed by atoms with van der Waals surface area (Å²) in [4.78, 5) is 12.2. The zero-order valence-electron chi connectivity index (χ0n) is 36.3. The summed E-state index contributed by atoms with van der Waals surface area (Å²) in [6, 6.07) is 0. The molecule has 0 aromatic heterocycles. The third-order valence-electron chi connectivity index (χ3n) is 8.66. The normalized spacial score (nSPS) is 13.8. The van der Waals surface area contributed by atoms with Crippen LogP contribution in [0.25, 0.3) is 0 Å². The van der Waals surface area contributed by atoms with E-state index in [1.54, 1.807) is 0 Å². The molecule has 0 aromatic carbocycles. The van der Waals surface area contributed by atoms with Crippen molar-refractivity contribution in [2.24, 2.45) is 0 Å². The molecule has 4 heteroatoms. The molecule has 0 radical (unpaired) electrons. The van der Waals surface area contributed by atoms with E-state index < -0.39 is 6.10 Å². The van der Waals surface area contributed by atoms with Crippen molar-refractivity contribution in [3.05, 3.63) is 146 Å². The number of hydrogen-bond donors (Lipinski definition) is 1. The predicted molar refractivity (Wildman–Crippen MR) is 250 cm³/mol. The first-order chi connectivity index (χ1) is 28.2. The number of aliphatic hydroxyl groups is 1. The third-order valence-corrected chi connectivity index (χ3v) is 8.66. The van der Waals surface area contributed by atoms with Crippen LogP contribution >= 0.6 is 0 Å². The number of aliphatic hydroxyl groups excluding tert-OH is 1. The van der Waals surface area contributed by atoms with Crippen molar-refractivity contribution in [2.45, 2.75) is 161 Å². The summed E-state index contributed by atoms with van der Waals surface area (Å²) >= 11 is 0. The molecule has 0 saturated heterocycles. The summed E-state index contributed by atoms with van der Waals surface area (Å²) in [6.45, 7) is 4.96. The second-order valence-corrected chi connectivity index (χ2v) is 14.0. The van der Waals surface area contributed by atoms with Crippen molar-refractivity contribution in [3.63, 3.8) is 0 Å². The van der Waals surface area contributed by atoms with Gasteiger partial charge >= 0.3 is 5.97 Å². The molecule has 318 valence electrons. The van der Waals surface area contributed by atoms with E-state index in [4.69, 9.17) is 9.47 Å². The Bertz CT molecular complexity index is 1230. The Hall–Kier alpha value is -3.73. The van der Waals surface area contributed by atoms with Crippen molar-refractivity contribution < 1.29 is 19.4 Å². The molecule has 0 fully saturated rings. The Labute approximate surface area is 351 Å². The van der Waals surface area contributed by atoms with Gasteiger partial charge in [0.2, 0.25) is 0 Å². The van der Waals surface area contributed by atoms with Crippen molar-refractivity contribution in [3.8, 4) is 0 Å². The molecule has 0 aliphatic heterocycles. The van der Waals surface area contributed by atoms with Gasteiger partial charge in [-0.15, -0.1) is 0 Å². The smallest absolute Gasteiger partial charge is 0.306 e. The maximum Gasteiger partial charge on any atom is 0.306 e. The van der Waals surface area contributed by atoms with E-state index in [9.17, 15) is 9.90 Å². The van der Waals surface area contributed by atoms with E-state index in [1.807, 2.05) is 0 Å². The molecule has 0 saturated carbocycles. The van der Waals surface area contributed by atoms with Crippen LogP contribution in [0.15, 0.2) is 146 Å². The van der Waals surface area contributed by atoms with Crippen LogP contribution in [0.4, 0.5) is 0 Å². The zero-order chi connectivity index (χ0) is 41.2. The molecule has 0 bridgehead atoms. The standard InChI is InChI=1S/C53H82O4/c1-3-5-7-9-11-13-15-17-19-21-23-25-26-27-29-31-33-35-37-39-41-43-45-47-49-56-51-52(50-54)57-53(55)48-46-44-42-40-38-36-34-32-30-28-24-22-20-18-16-14-12-10-8-6-4-2/h5-8,11-14,17-20,23-25,27-29,32-35,39,41,52,54H,3-4,9-10,15-16,21-22,26,30-31,36-38,40,42-51H2,1-2H3/b7-5-,8-6-,13-11-,14-12-,19-17-,20-18-,25-23-,28-24-,29-27-,34-32-,35-33-,41-39-. The minimum absolute atomic E-state index is 0.209. The van der Waals surface area contributed by atoms with Crippen LogP contribution in [0.2, 0.25) is 0 Å². The largest absolute Gasteiger partial charge is 0.457 e. The minimum Gasteiger partial charge on any atom is -0.457 e. The number of hydrogen-bond acceptors (Lipinski definition) is 4. The van der Waals surface area contributed by atoms with Crippen LogP contribution in [-0.2, 0) is 14.3 Å². The molecular formula is C53H82O4. The Morgan fingerprint density at radius 3 is 1.11 bits per heavy atom. The van der Waals surface area contributed by atoms with E-state index in [0.717, 1.165) is 122 Å². The average Bonchev–Trinajstić information content (AvgIpc) is 3.22. The van der Waals surface area contributed by atoms with Crippen LogP contribution in [0.1, 0.15) is 155 Å². The Morgan fingerprint density at radius 2 is 0.737 bits per heavy atom. The molecule has 0 heterocycles. The van der Waals surface area contributed by atoms with Crippen LogP contribution in [0, 0.1) is 0 Å². The average molecular weight is 783 g/mol. The summed E-state index contributed by atoms with van der Waals surface area (Å²) in [7, 11) is 0. The van der Waals surface area contributed by atoms with E-state index in [-0.39, 0.29) is 19.2 Å². The summed E-state index contributed by atoms with van der Waals surface area (Å²) in [5.41, 5.74) is 0. The Morgan fingerprint density at radius 1 is 0.421 bits per heavy atom. The molecule has 0 spiro atoms. The molecule has 0 aromatic rings. The van der Waals surface area contributed by atoms with Gasteiger partial charge in [0.1, 0.15) is 6.10 Å². The lowest BCUT2D eigenvalue weighted by atomic mass is 10.1. The molecule has 0 aliphatic rings. The second kappa shape index (κ2) is 48.4. The van der Waals surface area contributed by atoms with Crippen LogP contribution in [-0.4, -0.2) is 37.0 Å². The van der Waals surface area contributed by atoms with Crippen molar-refractivity contribution in [2.75, 3.05) is 19.8 Å². The van der Waals surface area contributed by atoms with Crippen molar-refractivity contribution in [1.29, 1.82) is 0 Å². The maximum absolute atomic E-state index is 12.2. The predicted octanol–water partition coefficient (Wildman–Crippen LogP) is 15.2. The highest BCUT2D eigenvalue weighted by atomic mass is 16.6. The van der Waals surface area contributed by atoms with Crippen molar-refractivity contribution in [1.82, 2.24) is 0 Å². The number of carbonyl (C=O) groups excluding carboxylic acids is 1. The van der Waals surface area contributed by atoms with E-state index >= 15 is 0 Å². The fraction of sp³-hybridized carbons (Fsp3) is 0.528. The first-order valence-corrected chi connectivity index (χ1v) is 22.4. The second-order valence-electron chi connectivity index (χ2n) is 14.0. The van der Waals surface area contributed by atoms with Gasteiger partial charge in [-0.05, 0) is 116 Å². The van der Waals surface area contributed by atoms with Gasteiger partial charge in [0.15, 0.2) is 0 Å². The van der Waals surface area contributed by atoms with Gasteiger partial charge in [-0.3, -0.25) is 4.79 Å². The Kier molecular flexibility index (Phi) is 45.3. The first-order valence-electron chi connectivity index (χ1n) is 22.4. The number of rotatable bonds is 39. The highest BCUT2D eigenvalue weighted by Gasteiger charge is 2.13. The van der Waals surface area contributed by atoms with Crippen molar-refractivity contribution >= 4 is 5.97 Å². The fourth-order valence-electron chi connectivity index (χ4n) is 5.39. The lowest BCUT2D eigenvalue weighted by Crippen LogP contribution is -2.27. The van der Waals surface area contributed by atoms with E-state index in [2.05, 4.69) is 160 Å². The molecule has 1 unspecified atom stereocenters. The third kappa shape index (κ3) is 46.5. The summed E-state index contributed by atoms with van der Waals surface area (Å²) in [5.74, 6) is -0.242. The van der Waals surface area contributed by atoms with Gasteiger partial charge < -0.3 is 14.6 Å². The van der Waals surface area contributed by atoms with Crippen LogP contribution < -0.4 is 0 Å². The molecule has 57 heavy (non-hydrogen) atoms. The molecular weight excluding hydrogens is 701 g/mol.